The lowest BCUT2D eigenvalue weighted by molar-refractivity contribution is 0.0240. The second-order valence-electron chi connectivity index (χ2n) is 5.59. The van der Waals surface area contributed by atoms with Gasteiger partial charge in [0, 0.05) is 12.6 Å². The van der Waals surface area contributed by atoms with Crippen LogP contribution < -0.4 is 0 Å². The standard InChI is InChI=1S/C14H29NO/c1-5-12(4)15(6-2)10-13-9-11(3)7-8-14(13)16/h11-14,16H,5-10H2,1-4H3. The highest BCUT2D eigenvalue weighted by Gasteiger charge is 2.29. The van der Waals surface area contributed by atoms with E-state index in [9.17, 15) is 5.11 Å². The molecule has 0 radical (unpaired) electrons. The normalized spacial score (nSPS) is 33.0. The van der Waals surface area contributed by atoms with Gasteiger partial charge in [0.15, 0.2) is 0 Å². The fourth-order valence-corrected chi connectivity index (χ4v) is 2.86. The van der Waals surface area contributed by atoms with Gasteiger partial charge in [-0.2, -0.15) is 0 Å². The molecule has 2 nitrogen and oxygen atoms in total. The van der Waals surface area contributed by atoms with Crippen LogP contribution in [0.1, 0.15) is 53.4 Å². The van der Waals surface area contributed by atoms with Crippen LogP contribution in [0.25, 0.3) is 0 Å². The van der Waals surface area contributed by atoms with Gasteiger partial charge in [0.05, 0.1) is 6.10 Å². The number of aliphatic hydroxyl groups excluding tert-OH is 1. The third-order valence-corrected chi connectivity index (χ3v) is 4.29. The predicted octanol–water partition coefficient (Wildman–Crippen LogP) is 2.90. The van der Waals surface area contributed by atoms with E-state index in [0.29, 0.717) is 12.0 Å². The first kappa shape index (κ1) is 14.0. The molecule has 0 saturated heterocycles. The van der Waals surface area contributed by atoms with Crippen molar-refractivity contribution in [2.75, 3.05) is 13.1 Å². The molecule has 1 aliphatic rings. The molecule has 1 rings (SSSR count). The average molecular weight is 227 g/mol. The van der Waals surface area contributed by atoms with Crippen LogP contribution in [0.4, 0.5) is 0 Å². The molecule has 4 unspecified atom stereocenters. The Kier molecular flexibility index (Phi) is 5.77. The Labute approximate surface area is 101 Å². The fraction of sp³-hybridized carbons (Fsp3) is 1.00. The van der Waals surface area contributed by atoms with Gasteiger partial charge in [-0.15, -0.1) is 0 Å². The molecule has 1 fully saturated rings. The van der Waals surface area contributed by atoms with E-state index >= 15 is 0 Å². The third-order valence-electron chi connectivity index (χ3n) is 4.29. The number of aliphatic hydroxyl groups is 1. The maximum absolute atomic E-state index is 10.1. The summed E-state index contributed by atoms with van der Waals surface area (Å²) in [6.07, 6.45) is 4.55. The van der Waals surface area contributed by atoms with E-state index < -0.39 is 0 Å². The quantitative estimate of drug-likeness (QED) is 0.780. The molecule has 1 N–H and O–H groups in total. The Balaban J connectivity index is 2.49. The molecule has 96 valence electrons. The Morgan fingerprint density at radius 1 is 1.31 bits per heavy atom. The van der Waals surface area contributed by atoms with Crippen molar-refractivity contribution in [1.29, 1.82) is 0 Å². The van der Waals surface area contributed by atoms with E-state index in [-0.39, 0.29) is 6.10 Å². The van der Waals surface area contributed by atoms with Crippen molar-refractivity contribution in [1.82, 2.24) is 4.90 Å². The number of nitrogens with zero attached hydrogens (tertiary/aromatic N) is 1. The van der Waals surface area contributed by atoms with Gasteiger partial charge in [0.1, 0.15) is 0 Å². The van der Waals surface area contributed by atoms with E-state index in [1.807, 2.05) is 0 Å². The van der Waals surface area contributed by atoms with Crippen molar-refractivity contribution in [2.45, 2.75) is 65.5 Å². The van der Waals surface area contributed by atoms with E-state index in [2.05, 4.69) is 32.6 Å². The van der Waals surface area contributed by atoms with Crippen molar-refractivity contribution < 1.29 is 5.11 Å². The summed E-state index contributed by atoms with van der Waals surface area (Å²) in [5, 5.41) is 10.1. The summed E-state index contributed by atoms with van der Waals surface area (Å²) in [6.45, 7) is 11.3. The van der Waals surface area contributed by atoms with E-state index in [1.54, 1.807) is 0 Å². The van der Waals surface area contributed by atoms with Crippen molar-refractivity contribution in [3.8, 4) is 0 Å². The van der Waals surface area contributed by atoms with Crippen LogP contribution >= 0.6 is 0 Å². The average Bonchev–Trinajstić information content (AvgIpc) is 2.29. The molecule has 0 spiro atoms. The van der Waals surface area contributed by atoms with E-state index in [0.717, 1.165) is 25.4 Å². The fourth-order valence-electron chi connectivity index (χ4n) is 2.86. The summed E-state index contributed by atoms with van der Waals surface area (Å²) >= 11 is 0. The summed E-state index contributed by atoms with van der Waals surface area (Å²) in [5.41, 5.74) is 0. The summed E-state index contributed by atoms with van der Waals surface area (Å²) < 4.78 is 0. The minimum atomic E-state index is -0.0608. The summed E-state index contributed by atoms with van der Waals surface area (Å²) in [5.74, 6) is 1.29. The van der Waals surface area contributed by atoms with Gasteiger partial charge in [-0.25, -0.2) is 0 Å². The van der Waals surface area contributed by atoms with Gasteiger partial charge >= 0.3 is 0 Å². The lowest BCUT2D eigenvalue weighted by Crippen LogP contribution is -2.42. The van der Waals surface area contributed by atoms with Crippen molar-refractivity contribution in [2.24, 2.45) is 11.8 Å². The molecular formula is C14H29NO. The van der Waals surface area contributed by atoms with Crippen LogP contribution in [0.3, 0.4) is 0 Å². The number of hydrogen-bond acceptors (Lipinski definition) is 2. The third kappa shape index (κ3) is 3.74. The molecular weight excluding hydrogens is 198 g/mol. The topological polar surface area (TPSA) is 23.5 Å². The first-order valence-corrected chi connectivity index (χ1v) is 7.00. The molecule has 0 aliphatic heterocycles. The molecule has 2 heteroatoms. The SMILES string of the molecule is CCC(C)N(CC)CC1CC(C)CCC1O. The van der Waals surface area contributed by atoms with Gasteiger partial charge in [-0.05, 0) is 51.0 Å². The van der Waals surface area contributed by atoms with E-state index in [1.165, 1.54) is 19.3 Å². The molecule has 0 aromatic rings. The lowest BCUT2D eigenvalue weighted by Gasteiger charge is -2.37. The Hall–Kier alpha value is -0.0800. The molecule has 1 aliphatic carbocycles. The summed E-state index contributed by atoms with van der Waals surface area (Å²) in [4.78, 5) is 2.52. The second kappa shape index (κ2) is 6.61. The zero-order valence-corrected chi connectivity index (χ0v) is 11.4. The Morgan fingerprint density at radius 3 is 2.56 bits per heavy atom. The largest absolute Gasteiger partial charge is 0.393 e. The zero-order chi connectivity index (χ0) is 12.1. The minimum absolute atomic E-state index is 0.0608. The van der Waals surface area contributed by atoms with Crippen LogP contribution in [-0.2, 0) is 0 Å². The maximum Gasteiger partial charge on any atom is 0.0580 e. The van der Waals surface area contributed by atoms with Gasteiger partial charge < -0.3 is 10.0 Å². The van der Waals surface area contributed by atoms with Crippen LogP contribution in [0, 0.1) is 11.8 Å². The number of hydrogen-bond donors (Lipinski definition) is 1. The molecule has 1 saturated carbocycles. The van der Waals surface area contributed by atoms with Gasteiger partial charge in [-0.3, -0.25) is 0 Å². The monoisotopic (exact) mass is 227 g/mol. The van der Waals surface area contributed by atoms with Crippen LogP contribution in [0.2, 0.25) is 0 Å². The van der Waals surface area contributed by atoms with Crippen molar-refractivity contribution in [3.63, 3.8) is 0 Å². The predicted molar refractivity (Wildman–Crippen MR) is 69.5 cm³/mol. The second-order valence-corrected chi connectivity index (χ2v) is 5.59. The van der Waals surface area contributed by atoms with Crippen LogP contribution in [-0.4, -0.2) is 35.2 Å². The molecule has 0 bridgehead atoms. The van der Waals surface area contributed by atoms with Gasteiger partial charge in [0.2, 0.25) is 0 Å². The molecule has 0 heterocycles. The van der Waals surface area contributed by atoms with Crippen LogP contribution in [0.5, 0.6) is 0 Å². The summed E-state index contributed by atoms with van der Waals surface area (Å²) in [7, 11) is 0. The van der Waals surface area contributed by atoms with Crippen molar-refractivity contribution in [3.05, 3.63) is 0 Å². The Bertz CT molecular complexity index is 195. The highest BCUT2D eigenvalue weighted by atomic mass is 16.3. The summed E-state index contributed by atoms with van der Waals surface area (Å²) in [6, 6.07) is 0.648. The molecule has 16 heavy (non-hydrogen) atoms. The lowest BCUT2D eigenvalue weighted by atomic mass is 9.80. The smallest absolute Gasteiger partial charge is 0.0580 e. The molecule has 0 aromatic carbocycles. The first-order valence-electron chi connectivity index (χ1n) is 7.00. The van der Waals surface area contributed by atoms with Crippen molar-refractivity contribution >= 4 is 0 Å². The maximum atomic E-state index is 10.1. The minimum Gasteiger partial charge on any atom is -0.393 e. The molecule has 0 aromatic heterocycles. The zero-order valence-electron chi connectivity index (χ0n) is 11.4. The first-order chi connectivity index (χ1) is 7.58. The van der Waals surface area contributed by atoms with Gasteiger partial charge in [-0.1, -0.05) is 20.8 Å². The van der Waals surface area contributed by atoms with Crippen LogP contribution in [0.15, 0.2) is 0 Å². The molecule has 4 atom stereocenters. The van der Waals surface area contributed by atoms with E-state index in [4.69, 9.17) is 0 Å². The molecule has 0 amide bonds. The highest BCUT2D eigenvalue weighted by Crippen LogP contribution is 2.30. The Morgan fingerprint density at radius 2 is 2.00 bits per heavy atom. The number of rotatable bonds is 5. The van der Waals surface area contributed by atoms with Gasteiger partial charge in [0.25, 0.3) is 0 Å². The highest BCUT2D eigenvalue weighted by molar-refractivity contribution is 4.81.